The van der Waals surface area contributed by atoms with Crippen LogP contribution in [0.5, 0.6) is 0 Å². The zero-order chi connectivity index (χ0) is 22.8. The molecule has 0 spiro atoms. The van der Waals surface area contributed by atoms with E-state index >= 15 is 0 Å². The van der Waals surface area contributed by atoms with Crippen LogP contribution in [0.3, 0.4) is 0 Å². The van der Waals surface area contributed by atoms with Gasteiger partial charge in [-0.15, -0.1) is 0 Å². The number of hydrogen-bond acceptors (Lipinski definition) is 7. The standard InChI is InChI=1S/C24H23FN6O2/c1-24(26)13-32-23(33-14-24)22-30-20(16-4-6-17(25)7-5-16)21(31-22)18-8-10-28-19(29-18)11-15-3-2-9-27-12-15/h2-10,12,23H,11,13-14,26H2,1H3,(H,30,31). The van der Waals surface area contributed by atoms with E-state index < -0.39 is 11.8 Å². The van der Waals surface area contributed by atoms with Crippen molar-refractivity contribution >= 4 is 0 Å². The highest BCUT2D eigenvalue weighted by Gasteiger charge is 2.32. The van der Waals surface area contributed by atoms with Gasteiger partial charge in [-0.25, -0.2) is 19.3 Å². The van der Waals surface area contributed by atoms with Crippen molar-refractivity contribution in [2.24, 2.45) is 5.73 Å². The van der Waals surface area contributed by atoms with Crippen LogP contribution >= 0.6 is 0 Å². The maximum atomic E-state index is 13.5. The molecule has 1 saturated heterocycles. The molecule has 1 aromatic carbocycles. The molecule has 1 aliphatic rings. The monoisotopic (exact) mass is 446 g/mol. The van der Waals surface area contributed by atoms with E-state index in [1.807, 2.05) is 19.1 Å². The minimum absolute atomic E-state index is 0.321. The van der Waals surface area contributed by atoms with Gasteiger partial charge in [0.1, 0.15) is 11.6 Å². The third kappa shape index (κ3) is 4.80. The molecule has 4 aromatic rings. The van der Waals surface area contributed by atoms with Gasteiger partial charge in [-0.05, 0) is 48.9 Å². The highest BCUT2D eigenvalue weighted by Crippen LogP contribution is 2.33. The molecular formula is C24H23FN6O2. The van der Waals surface area contributed by atoms with Crippen LogP contribution in [0.15, 0.2) is 61.1 Å². The Hall–Kier alpha value is -3.53. The molecular weight excluding hydrogens is 423 g/mol. The SMILES string of the molecule is CC1(N)COC(c2nc(-c3ccc(F)cc3)c(-c3ccnc(Cc4cccnc4)n3)[nH]2)OC1. The number of halogens is 1. The Balaban J connectivity index is 1.52. The van der Waals surface area contributed by atoms with Crippen molar-refractivity contribution in [2.75, 3.05) is 13.2 Å². The summed E-state index contributed by atoms with van der Waals surface area (Å²) in [5.41, 5.74) is 9.22. The number of ether oxygens (including phenoxy) is 2. The molecule has 0 unspecified atom stereocenters. The largest absolute Gasteiger partial charge is 0.344 e. The van der Waals surface area contributed by atoms with E-state index in [1.54, 1.807) is 36.8 Å². The predicted octanol–water partition coefficient (Wildman–Crippen LogP) is 3.42. The van der Waals surface area contributed by atoms with Crippen molar-refractivity contribution in [3.8, 4) is 22.6 Å². The molecule has 1 aliphatic heterocycles. The van der Waals surface area contributed by atoms with Crippen molar-refractivity contribution in [3.05, 3.63) is 84.1 Å². The molecule has 0 atom stereocenters. The van der Waals surface area contributed by atoms with E-state index in [-0.39, 0.29) is 5.82 Å². The zero-order valence-electron chi connectivity index (χ0n) is 18.0. The van der Waals surface area contributed by atoms with Gasteiger partial charge < -0.3 is 20.2 Å². The van der Waals surface area contributed by atoms with Gasteiger partial charge in [-0.1, -0.05) is 6.07 Å². The van der Waals surface area contributed by atoms with E-state index in [4.69, 9.17) is 25.2 Å². The molecule has 9 heteroatoms. The van der Waals surface area contributed by atoms with Gasteiger partial charge in [0.25, 0.3) is 0 Å². The molecule has 0 bridgehead atoms. The van der Waals surface area contributed by atoms with Gasteiger partial charge in [0.15, 0.2) is 5.82 Å². The predicted molar refractivity (Wildman–Crippen MR) is 119 cm³/mol. The maximum Gasteiger partial charge on any atom is 0.217 e. The number of hydrogen-bond donors (Lipinski definition) is 2. The van der Waals surface area contributed by atoms with Crippen LogP contribution in [0.4, 0.5) is 4.39 Å². The van der Waals surface area contributed by atoms with Crippen LogP contribution in [0.2, 0.25) is 0 Å². The molecule has 0 aliphatic carbocycles. The number of aromatic nitrogens is 5. The quantitative estimate of drug-likeness (QED) is 0.483. The first-order chi connectivity index (χ1) is 16.0. The Morgan fingerprint density at radius 3 is 2.61 bits per heavy atom. The number of benzene rings is 1. The zero-order valence-corrected chi connectivity index (χ0v) is 18.0. The normalized spacial score (nSPS) is 20.6. The van der Waals surface area contributed by atoms with Crippen LogP contribution in [-0.4, -0.2) is 43.7 Å². The maximum absolute atomic E-state index is 13.5. The molecule has 1 fully saturated rings. The van der Waals surface area contributed by atoms with Crippen molar-refractivity contribution in [2.45, 2.75) is 25.2 Å². The lowest BCUT2D eigenvalue weighted by atomic mass is 10.1. The third-order valence-corrected chi connectivity index (χ3v) is 5.24. The molecule has 8 nitrogen and oxygen atoms in total. The number of H-pyrrole nitrogens is 1. The fraction of sp³-hybridized carbons (Fsp3) is 0.250. The van der Waals surface area contributed by atoms with Gasteiger partial charge in [0.2, 0.25) is 6.29 Å². The highest BCUT2D eigenvalue weighted by atomic mass is 19.1. The molecule has 4 heterocycles. The third-order valence-electron chi connectivity index (χ3n) is 5.24. The molecule has 168 valence electrons. The second-order valence-corrected chi connectivity index (χ2v) is 8.36. The Morgan fingerprint density at radius 2 is 1.88 bits per heavy atom. The summed E-state index contributed by atoms with van der Waals surface area (Å²) in [6.45, 7) is 2.54. The second-order valence-electron chi connectivity index (χ2n) is 8.36. The minimum Gasteiger partial charge on any atom is -0.344 e. The van der Waals surface area contributed by atoms with Crippen molar-refractivity contribution in [1.82, 2.24) is 24.9 Å². The van der Waals surface area contributed by atoms with E-state index in [0.717, 1.165) is 11.1 Å². The Bertz CT molecular complexity index is 1230. The average molecular weight is 446 g/mol. The number of pyridine rings is 1. The lowest BCUT2D eigenvalue weighted by Gasteiger charge is -2.33. The lowest BCUT2D eigenvalue weighted by Crippen LogP contribution is -2.50. The van der Waals surface area contributed by atoms with Crippen LogP contribution in [0, 0.1) is 5.82 Å². The van der Waals surface area contributed by atoms with Gasteiger partial charge >= 0.3 is 0 Å². The number of nitrogens with one attached hydrogen (secondary N) is 1. The number of imidazole rings is 1. The van der Waals surface area contributed by atoms with E-state index in [9.17, 15) is 4.39 Å². The topological polar surface area (TPSA) is 112 Å². The average Bonchev–Trinajstić information content (AvgIpc) is 3.26. The summed E-state index contributed by atoms with van der Waals surface area (Å²) in [5, 5.41) is 0. The summed E-state index contributed by atoms with van der Waals surface area (Å²) in [7, 11) is 0. The Kier molecular flexibility index (Phi) is 5.67. The smallest absolute Gasteiger partial charge is 0.217 e. The molecule has 0 amide bonds. The van der Waals surface area contributed by atoms with Gasteiger partial charge in [0.05, 0.1) is 35.8 Å². The number of aromatic amines is 1. The Morgan fingerprint density at radius 1 is 1.09 bits per heavy atom. The number of nitrogens with zero attached hydrogens (tertiary/aromatic N) is 4. The summed E-state index contributed by atoms with van der Waals surface area (Å²) in [6, 6.07) is 11.8. The molecule has 33 heavy (non-hydrogen) atoms. The van der Waals surface area contributed by atoms with Gasteiger partial charge in [-0.2, -0.15) is 0 Å². The number of rotatable bonds is 5. The first-order valence-corrected chi connectivity index (χ1v) is 10.6. The van der Waals surface area contributed by atoms with Crippen molar-refractivity contribution < 1.29 is 13.9 Å². The van der Waals surface area contributed by atoms with Crippen molar-refractivity contribution in [1.29, 1.82) is 0 Å². The van der Waals surface area contributed by atoms with E-state index in [2.05, 4.69) is 15.0 Å². The minimum atomic E-state index is -0.689. The molecule has 3 N–H and O–H groups in total. The fourth-order valence-electron chi connectivity index (χ4n) is 3.59. The summed E-state index contributed by atoms with van der Waals surface area (Å²) < 4.78 is 25.1. The second kappa shape index (κ2) is 8.78. The van der Waals surface area contributed by atoms with E-state index in [1.165, 1.54) is 12.1 Å². The first-order valence-electron chi connectivity index (χ1n) is 10.6. The molecule has 0 saturated carbocycles. The van der Waals surface area contributed by atoms with Crippen LogP contribution in [0.25, 0.3) is 22.6 Å². The van der Waals surface area contributed by atoms with Crippen LogP contribution in [0.1, 0.15) is 30.4 Å². The van der Waals surface area contributed by atoms with E-state index in [0.29, 0.717) is 48.4 Å². The first kappa shape index (κ1) is 21.3. The summed E-state index contributed by atoms with van der Waals surface area (Å²) >= 11 is 0. The summed E-state index contributed by atoms with van der Waals surface area (Å²) in [4.78, 5) is 21.3. The summed E-state index contributed by atoms with van der Waals surface area (Å²) in [5.74, 6) is 0.816. The van der Waals surface area contributed by atoms with Crippen molar-refractivity contribution in [3.63, 3.8) is 0 Å². The fourth-order valence-corrected chi connectivity index (χ4v) is 3.59. The van der Waals surface area contributed by atoms with Gasteiger partial charge in [-0.3, -0.25) is 4.98 Å². The Labute approximate surface area is 190 Å². The highest BCUT2D eigenvalue weighted by molar-refractivity contribution is 5.76. The lowest BCUT2D eigenvalue weighted by molar-refractivity contribution is -0.211. The summed E-state index contributed by atoms with van der Waals surface area (Å²) in [6.07, 6.45) is 5.07. The molecule has 0 radical (unpaired) electrons. The van der Waals surface area contributed by atoms with Crippen LogP contribution in [-0.2, 0) is 15.9 Å². The van der Waals surface area contributed by atoms with Gasteiger partial charge in [0, 0.05) is 30.6 Å². The molecule has 5 rings (SSSR count). The van der Waals surface area contributed by atoms with Crippen LogP contribution < -0.4 is 5.73 Å². The molecule has 3 aromatic heterocycles. The number of nitrogens with two attached hydrogens (primary N) is 1.